The van der Waals surface area contributed by atoms with Crippen LogP contribution in [0.4, 0.5) is 0 Å². The number of methoxy groups -OCH3 is 1. The molecule has 6 N–H and O–H groups in total. The Labute approximate surface area is 181 Å². The number of rotatable bonds is 7. The van der Waals surface area contributed by atoms with E-state index in [0.717, 1.165) is 5.52 Å². The van der Waals surface area contributed by atoms with Gasteiger partial charge in [0.15, 0.2) is 0 Å². The van der Waals surface area contributed by atoms with Gasteiger partial charge >= 0.3 is 10.4 Å². The zero-order valence-corrected chi connectivity index (χ0v) is 17.8. The predicted octanol–water partition coefficient (Wildman–Crippen LogP) is -0.615. The lowest BCUT2D eigenvalue weighted by molar-refractivity contribution is -0.205. The number of thioether (sulfide) groups is 1. The van der Waals surface area contributed by atoms with E-state index in [0.29, 0.717) is 28.5 Å². The van der Waals surface area contributed by atoms with Gasteiger partial charge in [-0.25, -0.2) is 4.28 Å². The minimum atomic E-state index is -4.91. The molecule has 1 fully saturated rings. The van der Waals surface area contributed by atoms with Crippen LogP contribution >= 0.6 is 11.8 Å². The van der Waals surface area contributed by atoms with E-state index < -0.39 is 46.9 Å². The van der Waals surface area contributed by atoms with Gasteiger partial charge in [0.05, 0.1) is 13.7 Å². The van der Waals surface area contributed by atoms with Crippen molar-refractivity contribution in [3.8, 4) is 5.75 Å². The molecule has 2 aromatic rings. The molecule has 3 rings (SSSR count). The van der Waals surface area contributed by atoms with E-state index in [9.17, 15) is 28.8 Å². The first-order chi connectivity index (χ1) is 14.6. The van der Waals surface area contributed by atoms with Crippen LogP contribution in [0.2, 0.25) is 0 Å². The third kappa shape index (κ3) is 5.48. The van der Waals surface area contributed by atoms with Crippen LogP contribution in [0, 0.1) is 0 Å². The molecule has 1 aromatic carbocycles. The van der Waals surface area contributed by atoms with Crippen molar-refractivity contribution in [2.45, 2.75) is 36.3 Å². The highest BCUT2D eigenvalue weighted by Crippen LogP contribution is 2.33. The largest absolute Gasteiger partial charge is 0.496 e. The number of oxime groups is 1. The minimum Gasteiger partial charge on any atom is -0.496 e. The van der Waals surface area contributed by atoms with Gasteiger partial charge < -0.3 is 34.9 Å². The Morgan fingerprint density at radius 1 is 1.26 bits per heavy atom. The van der Waals surface area contributed by atoms with Crippen molar-refractivity contribution in [3.05, 3.63) is 30.0 Å². The number of nitrogens with zero attached hydrogens (tertiary/aromatic N) is 1. The van der Waals surface area contributed by atoms with Gasteiger partial charge in [-0.15, -0.1) is 0 Å². The molecule has 1 aromatic heterocycles. The second-order valence-electron chi connectivity index (χ2n) is 6.68. The molecule has 1 saturated heterocycles. The maximum Gasteiger partial charge on any atom is 0.466 e. The van der Waals surface area contributed by atoms with Crippen molar-refractivity contribution < 1.29 is 47.2 Å². The van der Waals surface area contributed by atoms with E-state index in [1.54, 1.807) is 24.4 Å². The number of aromatic amines is 1. The zero-order chi connectivity index (χ0) is 22.8. The van der Waals surface area contributed by atoms with Crippen molar-refractivity contribution in [2.24, 2.45) is 5.16 Å². The van der Waals surface area contributed by atoms with Gasteiger partial charge in [0.25, 0.3) is 0 Å². The lowest BCUT2D eigenvalue weighted by Crippen LogP contribution is -2.57. The van der Waals surface area contributed by atoms with Gasteiger partial charge in [0, 0.05) is 23.5 Å². The fourth-order valence-corrected chi connectivity index (χ4v) is 4.49. The van der Waals surface area contributed by atoms with Crippen LogP contribution in [0.5, 0.6) is 5.75 Å². The quantitative estimate of drug-likeness (QED) is 0.129. The molecule has 0 radical (unpaired) electrons. The first-order valence-corrected chi connectivity index (χ1v) is 11.2. The third-order valence-corrected chi connectivity index (χ3v) is 6.02. The normalized spacial score (nSPS) is 27.4. The maximum absolute atomic E-state index is 11.0. The van der Waals surface area contributed by atoms with Crippen LogP contribution in [0.25, 0.3) is 10.9 Å². The van der Waals surface area contributed by atoms with Gasteiger partial charge in [-0.05, 0) is 17.7 Å². The molecule has 31 heavy (non-hydrogen) atoms. The number of aliphatic hydroxyl groups is 4. The number of hydrogen-bond acceptors (Lipinski definition) is 11. The van der Waals surface area contributed by atoms with Gasteiger partial charge in [-0.3, -0.25) is 4.55 Å². The monoisotopic (exact) mass is 478 g/mol. The average Bonchev–Trinajstić information content (AvgIpc) is 3.14. The van der Waals surface area contributed by atoms with E-state index >= 15 is 0 Å². The number of benzene rings is 1. The van der Waals surface area contributed by atoms with Crippen LogP contribution < -0.4 is 4.74 Å². The Hall–Kier alpha value is -1.91. The molecule has 0 saturated carbocycles. The first kappa shape index (κ1) is 23.7. The number of H-pyrrole nitrogens is 1. The Morgan fingerprint density at radius 2 is 2.00 bits per heavy atom. The Bertz CT molecular complexity index is 1040. The van der Waals surface area contributed by atoms with E-state index in [1.807, 2.05) is 0 Å². The summed E-state index contributed by atoms with van der Waals surface area (Å²) in [5.41, 5.74) is 0.135. The summed E-state index contributed by atoms with van der Waals surface area (Å²) < 4.78 is 45.8. The zero-order valence-electron chi connectivity index (χ0n) is 16.2. The fourth-order valence-electron chi connectivity index (χ4n) is 3.18. The molecule has 1 aliphatic heterocycles. The van der Waals surface area contributed by atoms with E-state index in [2.05, 4.69) is 14.4 Å². The topological polar surface area (TPSA) is 191 Å². The van der Waals surface area contributed by atoms with Crippen molar-refractivity contribution >= 4 is 38.1 Å². The second kappa shape index (κ2) is 9.70. The van der Waals surface area contributed by atoms with E-state index in [-0.39, 0.29) is 11.5 Å². The van der Waals surface area contributed by atoms with Gasteiger partial charge in [-0.1, -0.05) is 23.0 Å². The highest BCUT2D eigenvalue weighted by molar-refractivity contribution is 8.14. The molecular formula is C17H22N2O10S2. The lowest BCUT2D eigenvalue weighted by atomic mass is 10.0. The van der Waals surface area contributed by atoms with Crippen LogP contribution in [0.3, 0.4) is 0 Å². The minimum absolute atomic E-state index is 0.0322. The van der Waals surface area contributed by atoms with Crippen LogP contribution in [-0.2, 0) is 25.8 Å². The maximum atomic E-state index is 11.0. The molecular weight excluding hydrogens is 456 g/mol. The van der Waals surface area contributed by atoms with Gasteiger partial charge in [0.2, 0.25) is 0 Å². The number of ether oxygens (including phenoxy) is 2. The number of fused-ring (bicyclic) bond motifs is 1. The van der Waals surface area contributed by atoms with E-state index in [1.165, 1.54) is 7.11 Å². The standard InChI is InChI=1S/C17H22N2O10S2/c1-27-10-4-2-3-9-13(10)8(6-18-9)5-12(19-29-31(24,25)26)30-17-16(23)15(22)14(21)11(7-20)28-17/h2-4,6,11,14-18,20-23H,5,7H2,1H3,(H,24,25,26)/b19-12-/t11-,14+,15-,16-,17-/m0/s1. The second-order valence-corrected chi connectivity index (χ2v) is 8.85. The van der Waals surface area contributed by atoms with E-state index in [4.69, 9.17) is 14.0 Å². The number of aliphatic hydroxyl groups excluding tert-OH is 4. The van der Waals surface area contributed by atoms with Crippen molar-refractivity contribution in [1.82, 2.24) is 4.98 Å². The smallest absolute Gasteiger partial charge is 0.466 e. The van der Waals surface area contributed by atoms with Crippen LogP contribution in [0.15, 0.2) is 29.6 Å². The predicted molar refractivity (Wildman–Crippen MR) is 110 cm³/mol. The summed E-state index contributed by atoms with van der Waals surface area (Å²) in [7, 11) is -3.42. The van der Waals surface area contributed by atoms with Crippen LogP contribution in [-0.4, -0.2) is 87.0 Å². The highest BCUT2D eigenvalue weighted by atomic mass is 32.3. The van der Waals surface area contributed by atoms with Crippen molar-refractivity contribution in [1.29, 1.82) is 0 Å². The number of hydrogen-bond donors (Lipinski definition) is 6. The van der Waals surface area contributed by atoms with Crippen molar-refractivity contribution in [3.63, 3.8) is 0 Å². The van der Waals surface area contributed by atoms with Gasteiger partial charge in [-0.2, -0.15) is 8.42 Å². The average molecular weight is 479 g/mol. The molecule has 0 spiro atoms. The molecule has 2 heterocycles. The van der Waals surface area contributed by atoms with Gasteiger partial charge in [0.1, 0.15) is 40.6 Å². The molecule has 0 unspecified atom stereocenters. The Morgan fingerprint density at radius 3 is 2.65 bits per heavy atom. The number of nitrogens with one attached hydrogen (secondary N) is 1. The number of aromatic nitrogens is 1. The summed E-state index contributed by atoms with van der Waals surface area (Å²) in [6.07, 6.45) is -4.31. The van der Waals surface area contributed by atoms with Crippen molar-refractivity contribution in [2.75, 3.05) is 13.7 Å². The summed E-state index contributed by atoms with van der Waals surface area (Å²) in [5.74, 6) is 0.543. The summed E-state index contributed by atoms with van der Waals surface area (Å²) in [6.45, 7) is -0.629. The fraction of sp³-hybridized carbons (Fsp3) is 0.471. The first-order valence-electron chi connectivity index (χ1n) is 8.97. The molecule has 12 nitrogen and oxygen atoms in total. The summed E-state index contributed by atoms with van der Waals surface area (Å²) in [4.78, 5) is 3.04. The lowest BCUT2D eigenvalue weighted by Gasteiger charge is -2.39. The van der Waals surface area contributed by atoms with Crippen LogP contribution in [0.1, 0.15) is 5.56 Å². The summed E-state index contributed by atoms with van der Waals surface area (Å²) >= 11 is 0.700. The summed E-state index contributed by atoms with van der Waals surface area (Å²) in [6, 6.07) is 5.31. The molecule has 1 aliphatic rings. The molecule has 0 amide bonds. The third-order valence-electron chi connectivity index (χ3n) is 4.64. The molecule has 0 bridgehead atoms. The molecule has 14 heteroatoms. The summed E-state index contributed by atoms with van der Waals surface area (Å²) in [5, 5.41) is 43.6. The molecule has 0 aliphatic carbocycles. The SMILES string of the molecule is COc1cccc2[nH]cc(C/C(=N/OS(=O)(=O)O)S[C@@H]3O[C@@H](CO)[C@@H](O)[C@H](O)[C@@H]3O)c12. The highest BCUT2D eigenvalue weighted by Gasteiger charge is 2.44. The Kier molecular flexibility index (Phi) is 7.43. The Balaban J connectivity index is 1.91. The molecule has 5 atom stereocenters. The molecule has 172 valence electrons.